The summed E-state index contributed by atoms with van der Waals surface area (Å²) >= 11 is 0. The minimum atomic E-state index is -1.00. The van der Waals surface area contributed by atoms with Gasteiger partial charge in [0.1, 0.15) is 5.82 Å². The van der Waals surface area contributed by atoms with E-state index in [0.29, 0.717) is 24.2 Å². The average Bonchev–Trinajstić information content (AvgIpc) is 2.88. The maximum absolute atomic E-state index is 13.3. The van der Waals surface area contributed by atoms with Gasteiger partial charge < -0.3 is 15.3 Å². The van der Waals surface area contributed by atoms with Gasteiger partial charge in [-0.2, -0.15) is 0 Å². The zero-order chi connectivity index (χ0) is 17.4. The first-order valence-electron chi connectivity index (χ1n) is 7.68. The molecule has 1 unspecified atom stereocenters. The summed E-state index contributed by atoms with van der Waals surface area (Å²) in [6, 6.07) is 4.01. The highest BCUT2D eigenvalue weighted by molar-refractivity contribution is 5.93. The average molecular weight is 322 g/mol. The van der Waals surface area contributed by atoms with E-state index in [4.69, 9.17) is 0 Å². The predicted octanol–water partition coefficient (Wildman–Crippen LogP) is 3.49. The number of aryl methyl sites for hydroxylation is 1. The van der Waals surface area contributed by atoms with E-state index in [1.54, 1.807) is 13.0 Å². The number of carboxylic acid groups (broad SMARTS) is 1. The van der Waals surface area contributed by atoms with Crippen LogP contribution in [0.1, 0.15) is 32.8 Å². The summed E-state index contributed by atoms with van der Waals surface area (Å²) in [7, 11) is 0. The molecule has 1 aliphatic rings. The first-order valence-corrected chi connectivity index (χ1v) is 7.68. The van der Waals surface area contributed by atoms with E-state index in [0.717, 1.165) is 0 Å². The van der Waals surface area contributed by atoms with Crippen molar-refractivity contribution in [1.29, 1.82) is 0 Å². The van der Waals surface area contributed by atoms with Crippen LogP contribution in [0.4, 0.5) is 14.9 Å². The Kier molecular flexibility index (Phi) is 4.63. The maximum Gasteiger partial charge on any atom is 0.407 e. The van der Waals surface area contributed by atoms with Crippen molar-refractivity contribution in [2.75, 3.05) is 11.9 Å². The number of hydrogen-bond donors (Lipinski definition) is 2. The van der Waals surface area contributed by atoms with Crippen molar-refractivity contribution in [1.82, 2.24) is 4.90 Å². The van der Waals surface area contributed by atoms with E-state index < -0.39 is 12.0 Å². The van der Waals surface area contributed by atoms with Crippen LogP contribution in [0.5, 0.6) is 0 Å². The molecule has 0 bridgehead atoms. The summed E-state index contributed by atoms with van der Waals surface area (Å²) < 4.78 is 13.3. The number of carbonyl (C=O) groups excluding carboxylic acids is 1. The second-order valence-corrected chi connectivity index (χ2v) is 7.14. The molecule has 5 nitrogen and oxygen atoms in total. The lowest BCUT2D eigenvalue weighted by atomic mass is 9.79. The van der Waals surface area contributed by atoms with Gasteiger partial charge >= 0.3 is 6.09 Å². The molecular formula is C17H23FN2O3. The van der Waals surface area contributed by atoms with Crippen LogP contribution < -0.4 is 5.32 Å². The third-order valence-electron chi connectivity index (χ3n) is 4.29. The molecule has 6 heteroatoms. The summed E-state index contributed by atoms with van der Waals surface area (Å²) in [5, 5.41) is 12.1. The number of nitrogens with one attached hydrogen (secondary N) is 1. The van der Waals surface area contributed by atoms with Gasteiger partial charge in [0.25, 0.3) is 0 Å². The van der Waals surface area contributed by atoms with Crippen molar-refractivity contribution in [3.8, 4) is 0 Å². The Hall–Kier alpha value is -2.11. The van der Waals surface area contributed by atoms with Gasteiger partial charge in [-0.1, -0.05) is 20.8 Å². The van der Waals surface area contributed by atoms with Crippen molar-refractivity contribution in [3.63, 3.8) is 0 Å². The molecule has 1 fully saturated rings. The van der Waals surface area contributed by atoms with Gasteiger partial charge in [0.05, 0.1) is 12.0 Å². The largest absolute Gasteiger partial charge is 0.465 e. The molecule has 1 saturated heterocycles. The monoisotopic (exact) mass is 322 g/mol. The molecule has 1 aliphatic heterocycles. The summed E-state index contributed by atoms with van der Waals surface area (Å²) in [6.07, 6.45) is -0.516. The quantitative estimate of drug-likeness (QED) is 0.875. The molecule has 1 aromatic carbocycles. The molecule has 2 rings (SSSR count). The third-order valence-corrected chi connectivity index (χ3v) is 4.29. The smallest absolute Gasteiger partial charge is 0.407 e. The fourth-order valence-electron chi connectivity index (χ4n) is 3.31. The van der Waals surface area contributed by atoms with Crippen molar-refractivity contribution in [2.24, 2.45) is 11.3 Å². The number of rotatable bonds is 2. The lowest BCUT2D eigenvalue weighted by Crippen LogP contribution is -2.48. The van der Waals surface area contributed by atoms with E-state index >= 15 is 0 Å². The molecule has 2 atom stereocenters. The van der Waals surface area contributed by atoms with Gasteiger partial charge in [-0.15, -0.1) is 0 Å². The number of carbonyl (C=O) groups is 2. The number of hydrogen-bond acceptors (Lipinski definition) is 2. The van der Waals surface area contributed by atoms with Crippen molar-refractivity contribution < 1.29 is 19.1 Å². The van der Waals surface area contributed by atoms with E-state index in [1.165, 1.54) is 17.0 Å². The van der Waals surface area contributed by atoms with E-state index in [1.807, 2.05) is 20.8 Å². The van der Waals surface area contributed by atoms with Crippen LogP contribution in [0.15, 0.2) is 18.2 Å². The zero-order valence-electron chi connectivity index (χ0n) is 13.9. The minimum Gasteiger partial charge on any atom is -0.465 e. The number of anilines is 1. The SMILES string of the molecule is Cc1cc(NC(=O)C2CCN(C(=O)O)[C@@H]2C(C)(C)C)ccc1F. The number of halogens is 1. The molecule has 0 radical (unpaired) electrons. The Morgan fingerprint density at radius 1 is 1.35 bits per heavy atom. The van der Waals surface area contributed by atoms with Gasteiger partial charge in [-0.05, 0) is 42.5 Å². The summed E-state index contributed by atoms with van der Waals surface area (Å²) in [5.41, 5.74) is 0.624. The molecule has 0 saturated carbocycles. The van der Waals surface area contributed by atoms with Gasteiger partial charge in [0.15, 0.2) is 0 Å². The van der Waals surface area contributed by atoms with E-state index in [-0.39, 0.29) is 23.2 Å². The highest BCUT2D eigenvalue weighted by Gasteiger charge is 2.47. The number of likely N-dealkylation sites (tertiary alicyclic amines) is 1. The molecule has 2 amide bonds. The topological polar surface area (TPSA) is 69.6 Å². The maximum atomic E-state index is 13.3. The van der Waals surface area contributed by atoms with E-state index in [2.05, 4.69) is 5.32 Å². The molecule has 0 aliphatic carbocycles. The normalized spacial score (nSPS) is 21.3. The second kappa shape index (κ2) is 6.18. The van der Waals surface area contributed by atoms with Gasteiger partial charge in [-0.3, -0.25) is 4.79 Å². The fourth-order valence-corrected chi connectivity index (χ4v) is 3.31. The molecule has 1 heterocycles. The first kappa shape index (κ1) is 17.2. The van der Waals surface area contributed by atoms with Crippen molar-refractivity contribution >= 4 is 17.7 Å². The highest BCUT2D eigenvalue weighted by atomic mass is 19.1. The van der Waals surface area contributed by atoms with Gasteiger partial charge in [-0.25, -0.2) is 9.18 Å². The second-order valence-electron chi connectivity index (χ2n) is 7.14. The predicted molar refractivity (Wildman–Crippen MR) is 85.8 cm³/mol. The molecule has 2 N–H and O–H groups in total. The molecule has 1 aromatic rings. The van der Waals surface area contributed by atoms with E-state index in [9.17, 15) is 19.1 Å². The molecule has 0 aromatic heterocycles. The van der Waals surface area contributed by atoms with Crippen LogP contribution in [0.3, 0.4) is 0 Å². The first-order chi connectivity index (χ1) is 10.6. The van der Waals surface area contributed by atoms with Crippen LogP contribution in [0.25, 0.3) is 0 Å². The minimum absolute atomic E-state index is 0.223. The Bertz CT molecular complexity index is 625. The number of benzene rings is 1. The van der Waals surface area contributed by atoms with Crippen LogP contribution in [-0.2, 0) is 4.79 Å². The van der Waals surface area contributed by atoms with Crippen LogP contribution in [-0.4, -0.2) is 34.6 Å². The van der Waals surface area contributed by atoms with Crippen molar-refractivity contribution in [2.45, 2.75) is 40.2 Å². The van der Waals surface area contributed by atoms with Crippen LogP contribution in [0.2, 0.25) is 0 Å². The molecular weight excluding hydrogens is 299 g/mol. The molecule has 23 heavy (non-hydrogen) atoms. The Balaban J connectivity index is 2.20. The third kappa shape index (κ3) is 3.63. The Morgan fingerprint density at radius 3 is 2.52 bits per heavy atom. The van der Waals surface area contributed by atoms with Crippen LogP contribution in [0, 0.1) is 24.1 Å². The number of nitrogens with zero attached hydrogens (tertiary/aromatic N) is 1. The van der Waals surface area contributed by atoms with Gasteiger partial charge in [0, 0.05) is 12.2 Å². The molecule has 126 valence electrons. The zero-order valence-corrected chi connectivity index (χ0v) is 13.9. The fraction of sp³-hybridized carbons (Fsp3) is 0.529. The Morgan fingerprint density at radius 2 is 2.00 bits per heavy atom. The standard InChI is InChI=1S/C17H23FN2O3/c1-10-9-11(5-6-13(10)18)19-15(21)12-7-8-20(16(22)23)14(12)17(2,3)4/h5-6,9,12,14H,7-8H2,1-4H3,(H,19,21)(H,22,23)/t12?,14-/m0/s1. The highest BCUT2D eigenvalue weighted by Crippen LogP contribution is 2.37. The number of amides is 2. The Labute approximate surface area is 135 Å². The summed E-state index contributed by atoms with van der Waals surface area (Å²) in [4.78, 5) is 25.4. The lowest BCUT2D eigenvalue weighted by Gasteiger charge is -2.36. The molecule has 0 spiro atoms. The van der Waals surface area contributed by atoms with Gasteiger partial charge in [0.2, 0.25) is 5.91 Å². The van der Waals surface area contributed by atoms with Crippen molar-refractivity contribution in [3.05, 3.63) is 29.6 Å². The lowest BCUT2D eigenvalue weighted by molar-refractivity contribution is -0.121. The summed E-state index contributed by atoms with van der Waals surface area (Å²) in [5.74, 6) is -0.968. The summed E-state index contributed by atoms with van der Waals surface area (Å²) in [6.45, 7) is 7.77. The van der Waals surface area contributed by atoms with Crippen LogP contribution >= 0.6 is 0 Å².